The highest BCUT2D eigenvalue weighted by molar-refractivity contribution is 6.35. The highest BCUT2D eigenvalue weighted by Gasteiger charge is 2.20. The van der Waals surface area contributed by atoms with Gasteiger partial charge < -0.3 is 10.6 Å². The van der Waals surface area contributed by atoms with E-state index in [0.717, 1.165) is 0 Å². The van der Waals surface area contributed by atoms with Gasteiger partial charge in [0.05, 0.1) is 0 Å². The Balaban J connectivity index is 4.06. The van der Waals surface area contributed by atoms with Crippen LogP contribution in [-0.4, -0.2) is 23.4 Å². The van der Waals surface area contributed by atoms with E-state index in [4.69, 9.17) is 0 Å². The Morgan fingerprint density at radius 2 is 1.54 bits per heavy atom. The summed E-state index contributed by atoms with van der Waals surface area (Å²) in [7, 11) is 0. The zero-order valence-corrected chi connectivity index (χ0v) is 8.89. The largest absolute Gasteiger partial charge is 0.346 e. The smallest absolute Gasteiger partial charge is 0.309 e. The molecular formula is C9H18N2O2. The number of carbonyl (C=O) groups is 2. The molecule has 0 spiro atoms. The summed E-state index contributed by atoms with van der Waals surface area (Å²) in [4.78, 5) is 22.3. The third-order valence-electron chi connectivity index (χ3n) is 1.11. The third kappa shape index (κ3) is 6.13. The molecular weight excluding hydrogens is 168 g/mol. The molecule has 0 aromatic carbocycles. The van der Waals surface area contributed by atoms with Crippen molar-refractivity contribution in [3.8, 4) is 0 Å². The maximum atomic E-state index is 11.2. The molecule has 0 bridgehead atoms. The molecule has 0 unspecified atom stereocenters. The van der Waals surface area contributed by atoms with Crippen molar-refractivity contribution in [3.63, 3.8) is 0 Å². The normalized spacial score (nSPS) is 11.2. The molecule has 0 radical (unpaired) electrons. The van der Waals surface area contributed by atoms with Gasteiger partial charge in [-0.2, -0.15) is 0 Å². The molecule has 0 saturated heterocycles. The molecule has 4 heteroatoms. The summed E-state index contributed by atoms with van der Waals surface area (Å²) in [6.07, 6.45) is 0. The summed E-state index contributed by atoms with van der Waals surface area (Å²) in [5.74, 6) is -1.16. The summed E-state index contributed by atoms with van der Waals surface area (Å²) in [6, 6.07) is -0.0155. The Labute approximate surface area is 79.1 Å². The van der Waals surface area contributed by atoms with Gasteiger partial charge in [0.25, 0.3) is 0 Å². The molecule has 2 amide bonds. The van der Waals surface area contributed by atoms with Crippen LogP contribution in [0.5, 0.6) is 0 Å². The van der Waals surface area contributed by atoms with Gasteiger partial charge in [0.2, 0.25) is 0 Å². The van der Waals surface area contributed by atoms with Crippen molar-refractivity contribution in [1.82, 2.24) is 10.6 Å². The highest BCUT2D eigenvalue weighted by atomic mass is 16.2. The first-order valence-corrected chi connectivity index (χ1v) is 4.35. The molecule has 0 aliphatic carbocycles. The van der Waals surface area contributed by atoms with E-state index in [9.17, 15) is 9.59 Å². The van der Waals surface area contributed by atoms with E-state index in [2.05, 4.69) is 10.6 Å². The average Bonchev–Trinajstić information content (AvgIpc) is 1.81. The molecule has 0 aliphatic rings. The predicted molar refractivity (Wildman–Crippen MR) is 51.2 cm³/mol. The predicted octanol–water partition coefficient (Wildman–Crippen LogP) is 0.426. The number of hydrogen-bond acceptors (Lipinski definition) is 2. The first-order chi connectivity index (χ1) is 5.72. The fourth-order valence-electron chi connectivity index (χ4n) is 0.725. The highest BCUT2D eigenvalue weighted by Crippen LogP contribution is 1.97. The lowest BCUT2D eigenvalue weighted by Gasteiger charge is -2.20. The fraction of sp³-hybridized carbons (Fsp3) is 0.778. The first kappa shape index (κ1) is 11.9. The molecule has 13 heavy (non-hydrogen) atoms. The van der Waals surface area contributed by atoms with E-state index in [1.807, 2.05) is 34.6 Å². The van der Waals surface area contributed by atoms with Gasteiger partial charge in [-0.05, 0) is 34.6 Å². The average molecular weight is 186 g/mol. The van der Waals surface area contributed by atoms with Crippen LogP contribution in [0.25, 0.3) is 0 Å². The van der Waals surface area contributed by atoms with Crippen molar-refractivity contribution in [2.45, 2.75) is 46.2 Å². The van der Waals surface area contributed by atoms with Crippen LogP contribution in [-0.2, 0) is 9.59 Å². The second-order valence-corrected chi connectivity index (χ2v) is 4.33. The Morgan fingerprint density at radius 3 is 1.85 bits per heavy atom. The van der Waals surface area contributed by atoms with Crippen molar-refractivity contribution in [2.24, 2.45) is 0 Å². The maximum absolute atomic E-state index is 11.2. The van der Waals surface area contributed by atoms with Crippen LogP contribution in [0.1, 0.15) is 34.6 Å². The van der Waals surface area contributed by atoms with E-state index in [1.165, 1.54) is 0 Å². The lowest BCUT2D eigenvalue weighted by Crippen LogP contribution is -2.49. The van der Waals surface area contributed by atoms with Crippen molar-refractivity contribution in [3.05, 3.63) is 0 Å². The van der Waals surface area contributed by atoms with Gasteiger partial charge in [-0.15, -0.1) is 0 Å². The van der Waals surface area contributed by atoms with Gasteiger partial charge in [-0.3, -0.25) is 9.59 Å². The molecule has 0 heterocycles. The standard InChI is InChI=1S/C9H18N2O2/c1-6(2)10-7(12)8(13)11-9(3,4)5/h6H,1-5H3,(H,10,12)(H,11,13). The zero-order valence-electron chi connectivity index (χ0n) is 8.89. The van der Waals surface area contributed by atoms with Gasteiger partial charge in [0, 0.05) is 11.6 Å². The quantitative estimate of drug-likeness (QED) is 0.583. The minimum atomic E-state index is -0.582. The topological polar surface area (TPSA) is 58.2 Å². The Morgan fingerprint density at radius 1 is 1.08 bits per heavy atom. The van der Waals surface area contributed by atoms with Crippen LogP contribution in [0, 0.1) is 0 Å². The third-order valence-corrected chi connectivity index (χ3v) is 1.11. The second-order valence-electron chi connectivity index (χ2n) is 4.33. The molecule has 0 saturated carbocycles. The van der Waals surface area contributed by atoms with Gasteiger partial charge in [-0.1, -0.05) is 0 Å². The second kappa shape index (κ2) is 4.25. The van der Waals surface area contributed by atoms with Crippen molar-refractivity contribution in [1.29, 1.82) is 0 Å². The fourth-order valence-corrected chi connectivity index (χ4v) is 0.725. The number of hydrogen-bond donors (Lipinski definition) is 2. The summed E-state index contributed by atoms with van der Waals surface area (Å²) >= 11 is 0. The minimum absolute atomic E-state index is 0.0155. The Kier molecular flexibility index (Phi) is 3.91. The van der Waals surface area contributed by atoms with Crippen LogP contribution in [0.2, 0.25) is 0 Å². The van der Waals surface area contributed by atoms with Crippen LogP contribution < -0.4 is 10.6 Å². The van der Waals surface area contributed by atoms with Crippen molar-refractivity contribution in [2.75, 3.05) is 0 Å². The molecule has 0 aromatic rings. The molecule has 0 rings (SSSR count). The van der Waals surface area contributed by atoms with Crippen LogP contribution in [0.3, 0.4) is 0 Å². The Hall–Kier alpha value is -1.06. The molecule has 0 aliphatic heterocycles. The lowest BCUT2D eigenvalue weighted by molar-refractivity contribution is -0.140. The summed E-state index contributed by atoms with van der Waals surface area (Å²) in [5, 5.41) is 5.09. The minimum Gasteiger partial charge on any atom is -0.346 e. The number of carbonyl (C=O) groups excluding carboxylic acids is 2. The monoisotopic (exact) mass is 186 g/mol. The van der Waals surface area contributed by atoms with Gasteiger partial charge in [-0.25, -0.2) is 0 Å². The molecule has 0 atom stereocenters. The first-order valence-electron chi connectivity index (χ1n) is 4.35. The molecule has 0 fully saturated rings. The summed E-state index contributed by atoms with van der Waals surface area (Å²) in [5.41, 5.74) is -0.370. The van der Waals surface area contributed by atoms with E-state index in [0.29, 0.717) is 0 Å². The van der Waals surface area contributed by atoms with Crippen molar-refractivity contribution >= 4 is 11.8 Å². The van der Waals surface area contributed by atoms with E-state index >= 15 is 0 Å². The number of rotatable bonds is 1. The van der Waals surface area contributed by atoms with Gasteiger partial charge in [0.15, 0.2) is 0 Å². The Bertz CT molecular complexity index is 204. The van der Waals surface area contributed by atoms with Gasteiger partial charge >= 0.3 is 11.8 Å². The van der Waals surface area contributed by atoms with E-state index < -0.39 is 11.8 Å². The maximum Gasteiger partial charge on any atom is 0.309 e. The van der Waals surface area contributed by atoms with Crippen LogP contribution in [0.4, 0.5) is 0 Å². The number of amides is 2. The van der Waals surface area contributed by atoms with Gasteiger partial charge in [0.1, 0.15) is 0 Å². The lowest BCUT2D eigenvalue weighted by atomic mass is 10.1. The molecule has 2 N–H and O–H groups in total. The molecule has 76 valence electrons. The summed E-state index contributed by atoms with van der Waals surface area (Å²) in [6.45, 7) is 9.10. The van der Waals surface area contributed by atoms with E-state index in [1.54, 1.807) is 0 Å². The zero-order chi connectivity index (χ0) is 10.6. The number of nitrogens with one attached hydrogen (secondary N) is 2. The van der Waals surface area contributed by atoms with Crippen LogP contribution >= 0.6 is 0 Å². The molecule has 0 aromatic heterocycles. The summed E-state index contributed by atoms with van der Waals surface area (Å²) < 4.78 is 0. The van der Waals surface area contributed by atoms with E-state index in [-0.39, 0.29) is 11.6 Å². The SMILES string of the molecule is CC(C)NC(=O)C(=O)NC(C)(C)C. The van der Waals surface area contributed by atoms with Crippen molar-refractivity contribution < 1.29 is 9.59 Å². The van der Waals surface area contributed by atoms with Crippen LogP contribution in [0.15, 0.2) is 0 Å². The molecule has 4 nitrogen and oxygen atoms in total.